The minimum absolute atomic E-state index is 0.0732. The van der Waals surface area contributed by atoms with Crippen LogP contribution in [0.5, 0.6) is 0 Å². The zero-order valence-electron chi connectivity index (χ0n) is 14.1. The van der Waals surface area contributed by atoms with Crippen molar-refractivity contribution >= 4 is 23.3 Å². The van der Waals surface area contributed by atoms with Gasteiger partial charge >= 0.3 is 0 Å². The Bertz CT molecular complexity index is 816. The fourth-order valence-corrected chi connectivity index (χ4v) is 3.50. The Morgan fingerprint density at radius 2 is 1.75 bits per heavy atom. The molecule has 1 heterocycles. The van der Waals surface area contributed by atoms with E-state index in [9.17, 15) is 9.59 Å². The number of hydrogen-bond donors (Lipinski definition) is 2. The summed E-state index contributed by atoms with van der Waals surface area (Å²) in [6.45, 7) is 5.18. The van der Waals surface area contributed by atoms with Gasteiger partial charge < -0.3 is 10.6 Å². The Hall–Kier alpha value is -2.69. The van der Waals surface area contributed by atoms with Crippen LogP contribution < -0.4 is 10.6 Å². The van der Waals surface area contributed by atoms with Crippen molar-refractivity contribution in [3.8, 4) is 0 Å². The molecule has 1 aromatic carbocycles. The minimum Gasteiger partial charge on any atom is -0.326 e. The van der Waals surface area contributed by atoms with Crippen LogP contribution in [0.4, 0.5) is 11.5 Å². The van der Waals surface area contributed by atoms with Crippen molar-refractivity contribution in [3.63, 3.8) is 0 Å². The number of carbonyl (C=O) groups is 2. The Morgan fingerprint density at radius 3 is 2.46 bits per heavy atom. The molecule has 1 aliphatic carbocycles. The SMILES string of the molecule is CC(=O)Nc1ccc2c(c1)CC(C)(c1cccnc1NC(C)=O)C2. The van der Waals surface area contributed by atoms with Crippen molar-refractivity contribution in [1.29, 1.82) is 0 Å². The number of fused-ring (bicyclic) bond motifs is 1. The number of carbonyl (C=O) groups excluding carboxylic acids is 2. The number of rotatable bonds is 3. The van der Waals surface area contributed by atoms with Gasteiger partial charge in [0, 0.05) is 36.7 Å². The van der Waals surface area contributed by atoms with Gasteiger partial charge in [-0.2, -0.15) is 0 Å². The summed E-state index contributed by atoms with van der Waals surface area (Å²) in [5, 5.41) is 5.66. The van der Waals surface area contributed by atoms with Gasteiger partial charge in [-0.25, -0.2) is 4.98 Å². The number of nitrogens with zero attached hydrogens (tertiary/aromatic N) is 1. The molecule has 3 rings (SSSR count). The van der Waals surface area contributed by atoms with Gasteiger partial charge in [0.1, 0.15) is 5.82 Å². The van der Waals surface area contributed by atoms with Gasteiger partial charge in [0.05, 0.1) is 0 Å². The molecule has 5 heteroatoms. The van der Waals surface area contributed by atoms with Crippen LogP contribution in [0, 0.1) is 0 Å². The number of amides is 2. The normalized spacial score (nSPS) is 18.8. The maximum Gasteiger partial charge on any atom is 0.222 e. The van der Waals surface area contributed by atoms with Crippen molar-refractivity contribution in [2.45, 2.75) is 39.0 Å². The summed E-state index contributed by atoms with van der Waals surface area (Å²) in [7, 11) is 0. The van der Waals surface area contributed by atoms with E-state index in [1.807, 2.05) is 24.3 Å². The number of hydrogen-bond acceptors (Lipinski definition) is 3. The Balaban J connectivity index is 1.93. The second-order valence-corrected chi connectivity index (χ2v) is 6.66. The number of benzene rings is 1. The number of anilines is 2. The summed E-state index contributed by atoms with van der Waals surface area (Å²) in [5.41, 5.74) is 4.21. The minimum atomic E-state index is -0.136. The van der Waals surface area contributed by atoms with E-state index < -0.39 is 0 Å². The summed E-state index contributed by atoms with van der Waals surface area (Å²) < 4.78 is 0. The van der Waals surface area contributed by atoms with Gasteiger partial charge in [-0.3, -0.25) is 9.59 Å². The maximum absolute atomic E-state index is 11.5. The third-order valence-electron chi connectivity index (χ3n) is 4.44. The molecule has 0 bridgehead atoms. The lowest BCUT2D eigenvalue weighted by Gasteiger charge is -2.26. The lowest BCUT2D eigenvalue weighted by molar-refractivity contribution is -0.115. The summed E-state index contributed by atoms with van der Waals surface area (Å²) in [6.07, 6.45) is 3.41. The predicted molar refractivity (Wildman–Crippen MR) is 94.0 cm³/mol. The van der Waals surface area contributed by atoms with E-state index in [0.717, 1.165) is 24.1 Å². The van der Waals surface area contributed by atoms with Crippen molar-refractivity contribution in [2.24, 2.45) is 0 Å². The summed E-state index contributed by atoms with van der Waals surface area (Å²) >= 11 is 0. The Morgan fingerprint density at radius 1 is 1.04 bits per heavy atom. The van der Waals surface area contributed by atoms with Crippen LogP contribution in [-0.4, -0.2) is 16.8 Å². The zero-order valence-corrected chi connectivity index (χ0v) is 14.1. The van der Waals surface area contributed by atoms with E-state index in [-0.39, 0.29) is 17.2 Å². The molecule has 0 saturated carbocycles. The largest absolute Gasteiger partial charge is 0.326 e. The molecule has 5 nitrogen and oxygen atoms in total. The van der Waals surface area contributed by atoms with Crippen LogP contribution in [-0.2, 0) is 27.8 Å². The van der Waals surface area contributed by atoms with Crippen LogP contribution in [0.1, 0.15) is 37.5 Å². The quantitative estimate of drug-likeness (QED) is 0.912. The number of aromatic nitrogens is 1. The predicted octanol–water partition coefficient (Wildman–Crippen LogP) is 3.05. The molecule has 0 aliphatic heterocycles. The van der Waals surface area contributed by atoms with Gasteiger partial charge in [0.15, 0.2) is 0 Å². The smallest absolute Gasteiger partial charge is 0.222 e. The van der Waals surface area contributed by atoms with E-state index in [0.29, 0.717) is 5.82 Å². The third kappa shape index (κ3) is 3.15. The summed E-state index contributed by atoms with van der Waals surface area (Å²) in [6, 6.07) is 9.97. The first-order chi connectivity index (χ1) is 11.4. The highest BCUT2D eigenvalue weighted by molar-refractivity contribution is 5.89. The topological polar surface area (TPSA) is 71.1 Å². The Kier molecular flexibility index (Phi) is 4.09. The molecular weight excluding hydrogens is 302 g/mol. The van der Waals surface area contributed by atoms with Crippen molar-refractivity contribution < 1.29 is 9.59 Å². The van der Waals surface area contributed by atoms with E-state index in [2.05, 4.69) is 28.6 Å². The molecular formula is C19H21N3O2. The standard InChI is InChI=1S/C19H21N3O2/c1-12(23)21-16-7-6-14-10-19(3,11-15(14)9-16)17-5-4-8-20-18(17)22-13(2)24/h4-9H,10-11H2,1-3H3,(H,21,23)(H,20,22,24). The third-order valence-corrected chi connectivity index (χ3v) is 4.44. The van der Waals surface area contributed by atoms with Crippen molar-refractivity contribution in [3.05, 3.63) is 53.2 Å². The Labute approximate surface area is 141 Å². The lowest BCUT2D eigenvalue weighted by atomic mass is 9.80. The number of nitrogens with one attached hydrogen (secondary N) is 2. The molecule has 2 N–H and O–H groups in total. The van der Waals surface area contributed by atoms with Crippen LogP contribution in [0.25, 0.3) is 0 Å². The maximum atomic E-state index is 11.5. The average molecular weight is 323 g/mol. The van der Waals surface area contributed by atoms with Gasteiger partial charge in [-0.1, -0.05) is 19.1 Å². The highest BCUT2D eigenvalue weighted by Gasteiger charge is 2.36. The first-order valence-corrected chi connectivity index (χ1v) is 8.00. The summed E-state index contributed by atoms with van der Waals surface area (Å²) in [4.78, 5) is 27.0. The molecule has 1 atom stereocenters. The molecule has 0 saturated heterocycles. The van der Waals surface area contributed by atoms with Crippen LogP contribution in [0.2, 0.25) is 0 Å². The molecule has 124 valence electrons. The van der Waals surface area contributed by atoms with Gasteiger partial charge in [0.25, 0.3) is 0 Å². The first-order valence-electron chi connectivity index (χ1n) is 8.00. The average Bonchev–Trinajstić information content (AvgIpc) is 2.83. The fraction of sp³-hybridized carbons (Fsp3) is 0.316. The highest BCUT2D eigenvalue weighted by atomic mass is 16.2. The van der Waals surface area contributed by atoms with Gasteiger partial charge in [-0.05, 0) is 42.2 Å². The van der Waals surface area contributed by atoms with Gasteiger partial charge in [-0.15, -0.1) is 0 Å². The molecule has 2 aromatic rings. The van der Waals surface area contributed by atoms with Crippen molar-refractivity contribution in [2.75, 3.05) is 10.6 Å². The van der Waals surface area contributed by atoms with E-state index in [4.69, 9.17) is 0 Å². The monoisotopic (exact) mass is 323 g/mol. The van der Waals surface area contributed by atoms with E-state index >= 15 is 0 Å². The van der Waals surface area contributed by atoms with E-state index in [1.54, 1.807) is 6.20 Å². The molecule has 0 radical (unpaired) electrons. The molecule has 2 amide bonds. The highest BCUT2D eigenvalue weighted by Crippen LogP contribution is 2.42. The van der Waals surface area contributed by atoms with Crippen LogP contribution in [0.3, 0.4) is 0 Å². The summed E-state index contributed by atoms with van der Waals surface area (Å²) in [5.74, 6) is 0.431. The van der Waals surface area contributed by atoms with Crippen LogP contribution >= 0.6 is 0 Å². The second kappa shape index (κ2) is 6.07. The molecule has 1 aliphatic rings. The molecule has 1 unspecified atom stereocenters. The lowest BCUT2D eigenvalue weighted by Crippen LogP contribution is -2.25. The van der Waals surface area contributed by atoms with E-state index in [1.165, 1.54) is 25.0 Å². The van der Waals surface area contributed by atoms with Crippen LogP contribution in [0.15, 0.2) is 36.5 Å². The molecule has 1 aromatic heterocycles. The first kappa shape index (κ1) is 16.2. The number of pyridine rings is 1. The fourth-order valence-electron chi connectivity index (χ4n) is 3.50. The zero-order chi connectivity index (χ0) is 17.3. The molecule has 0 spiro atoms. The van der Waals surface area contributed by atoms with Crippen molar-refractivity contribution in [1.82, 2.24) is 4.98 Å². The molecule has 0 fully saturated rings. The van der Waals surface area contributed by atoms with Gasteiger partial charge in [0.2, 0.25) is 11.8 Å². The second-order valence-electron chi connectivity index (χ2n) is 6.66. The molecule has 24 heavy (non-hydrogen) atoms.